The maximum absolute atomic E-state index is 10.3. The molecule has 0 unspecified atom stereocenters. The van der Waals surface area contributed by atoms with Crippen molar-refractivity contribution < 1.29 is 36.7 Å². The first kappa shape index (κ1) is 26.3. The highest BCUT2D eigenvalue weighted by atomic mass is 16.5. The monoisotopic (exact) mass is 909 g/mol. The number of benzene rings is 7. The van der Waals surface area contributed by atoms with Crippen LogP contribution in [-0.2, 0) is 21.7 Å². The van der Waals surface area contributed by atoms with E-state index >= 15 is 0 Å². The fraction of sp³-hybridized carbons (Fsp3) is 0.238. The van der Waals surface area contributed by atoms with Crippen LogP contribution in [0.3, 0.4) is 0 Å². The van der Waals surface area contributed by atoms with E-state index in [4.69, 9.17) is 33.0 Å². The van der Waals surface area contributed by atoms with Gasteiger partial charge in [-0.25, -0.2) is 4.98 Å². The number of rotatable bonds is 7. The molecule has 5 nitrogen and oxygen atoms in total. The molecular formula is C63H60N4O. The van der Waals surface area contributed by atoms with Gasteiger partial charge in [-0.1, -0.05) is 172 Å². The van der Waals surface area contributed by atoms with Crippen LogP contribution in [0, 0.1) is 6.33 Å². The van der Waals surface area contributed by atoms with Gasteiger partial charge in [0.2, 0.25) is 0 Å². The summed E-state index contributed by atoms with van der Waals surface area (Å²) >= 11 is 0. The van der Waals surface area contributed by atoms with Crippen molar-refractivity contribution in [3.05, 3.63) is 198 Å². The van der Waals surface area contributed by atoms with Gasteiger partial charge in [-0.05, 0) is 127 Å². The van der Waals surface area contributed by atoms with Crippen molar-refractivity contribution in [2.45, 2.75) is 97.0 Å². The quantitative estimate of drug-likeness (QED) is 0.118. The number of ether oxygens (including phenoxy) is 1. The zero-order valence-corrected chi connectivity index (χ0v) is 38.5. The Morgan fingerprint density at radius 3 is 2.16 bits per heavy atom. The molecule has 11 rings (SSSR count). The lowest BCUT2D eigenvalue weighted by atomic mass is 9.80. The molecule has 1 aliphatic carbocycles. The molecule has 0 amide bonds. The lowest BCUT2D eigenvalue weighted by molar-refractivity contribution is -0.572. The first-order valence-corrected chi connectivity index (χ1v) is 22.4. The van der Waals surface area contributed by atoms with Crippen LogP contribution in [0.2, 0.25) is 0 Å². The summed E-state index contributed by atoms with van der Waals surface area (Å²) < 4.78 is 193. The van der Waals surface area contributed by atoms with Crippen molar-refractivity contribution >= 4 is 32.8 Å². The highest BCUT2D eigenvalue weighted by molar-refractivity contribution is 6.09. The molecule has 338 valence electrons. The number of hydrogen-bond donors (Lipinski definition) is 0. The second-order valence-electron chi connectivity index (χ2n) is 19.7. The van der Waals surface area contributed by atoms with Crippen LogP contribution in [0.5, 0.6) is 11.5 Å². The molecule has 0 radical (unpaired) electrons. The number of para-hydroxylation sites is 3. The van der Waals surface area contributed by atoms with Crippen molar-refractivity contribution in [2.24, 2.45) is 0 Å². The van der Waals surface area contributed by atoms with Crippen LogP contribution in [0.25, 0.3) is 72.3 Å². The summed E-state index contributed by atoms with van der Waals surface area (Å²) in [7, 11) is 0. The first-order valence-electron chi connectivity index (χ1n) is 32.4. The van der Waals surface area contributed by atoms with Crippen molar-refractivity contribution in [1.29, 1.82) is 0 Å². The lowest BCUT2D eigenvalue weighted by Crippen LogP contribution is -2.35. The Morgan fingerprint density at radius 1 is 0.647 bits per heavy atom. The van der Waals surface area contributed by atoms with E-state index in [0.717, 1.165) is 33.2 Å². The smallest absolute Gasteiger partial charge is 0.269 e. The second kappa shape index (κ2) is 15.7. The number of pyridine rings is 1. The molecule has 1 aliphatic rings. The normalized spacial score (nSPS) is 19.5. The van der Waals surface area contributed by atoms with Gasteiger partial charge in [-0.15, -0.1) is 0 Å². The minimum absolute atomic E-state index is 0.0637. The Morgan fingerprint density at radius 2 is 1.38 bits per heavy atom. The predicted molar refractivity (Wildman–Crippen MR) is 281 cm³/mol. The van der Waals surface area contributed by atoms with Crippen molar-refractivity contribution in [2.75, 3.05) is 0 Å². The molecule has 0 aliphatic heterocycles. The van der Waals surface area contributed by atoms with Crippen LogP contribution in [0.4, 0.5) is 0 Å². The summed E-state index contributed by atoms with van der Waals surface area (Å²) in [5.74, 6) is 1.66. The standard InChI is InChI=1S/C63H60N4O/c1-60(2,3)44-31-32-64-58(36-44)67-54-24-15-14-23-48(54)49-29-28-47(38-57(49)67)68-46-22-18-21-45(37-46)65-40-66(56-26-17-16-25-55(56)65)59-50(42-27-30-51-52(34-42)63(9,10)39-62(51,7)8)33-43(35-53(59)61(4,5)6)41-19-12-11-13-20-41/h11-38H,39H2,1-10H3/i7D3,8D3,9D3,10D3,11D,12D,13D,19D,20D,27D,30D,34D. The summed E-state index contributed by atoms with van der Waals surface area (Å²) in [6.07, 6.45) is 3.66. The Kier molecular flexibility index (Phi) is 6.07. The van der Waals surface area contributed by atoms with Crippen LogP contribution in [0.1, 0.15) is 125 Å². The Balaban J connectivity index is 1.18. The van der Waals surface area contributed by atoms with Crippen molar-refractivity contribution in [3.63, 3.8) is 0 Å². The van der Waals surface area contributed by atoms with Gasteiger partial charge >= 0.3 is 0 Å². The maximum Gasteiger partial charge on any atom is 0.269 e. The lowest BCUT2D eigenvalue weighted by Gasteiger charge is -2.28. The number of fused-ring (bicyclic) bond motifs is 5. The first-order chi connectivity index (χ1) is 40.8. The fourth-order valence-corrected chi connectivity index (χ4v) is 9.44. The third kappa shape index (κ3) is 7.40. The number of hydrogen-bond acceptors (Lipinski definition) is 2. The maximum atomic E-state index is 10.3. The van der Waals surface area contributed by atoms with E-state index in [1.165, 1.54) is 6.07 Å². The van der Waals surface area contributed by atoms with E-state index in [1.807, 2.05) is 54.7 Å². The number of imidazole rings is 1. The van der Waals surface area contributed by atoms with E-state index in [0.29, 0.717) is 33.8 Å². The van der Waals surface area contributed by atoms with Crippen LogP contribution in [-0.4, -0.2) is 14.1 Å². The van der Waals surface area contributed by atoms with E-state index < -0.39 is 115 Å². The molecule has 68 heavy (non-hydrogen) atoms. The molecule has 0 fully saturated rings. The zero-order valence-electron chi connectivity index (χ0n) is 58.5. The SMILES string of the molecule is [2H]c1c([2H])c([2H])c(-c2cc(-c3c([2H])c([2H])c4c(c3[2H])C(C([2H])([2H])[2H])(C([2H])([2H])[2H])CC4(C([2H])([2H])[2H])C([2H])([2H])[2H])c(-[n+]3[c-]n(-c4cccc(Oc5ccc6c7ccccc7n(-c7cc(C(C)(C)C)ccn7)c6c5)c4)c4ccccc43)c(C(C)(C)C)c2)c([2H])c1[2H]. The van der Waals surface area contributed by atoms with Gasteiger partial charge < -0.3 is 4.74 Å². The molecule has 5 heteroatoms. The van der Waals surface area contributed by atoms with Crippen molar-refractivity contribution in [3.8, 4) is 50.9 Å². The average Bonchev–Trinajstić information content (AvgIpc) is 1.42. The van der Waals surface area contributed by atoms with E-state index in [2.05, 4.69) is 43.8 Å². The van der Waals surface area contributed by atoms with Gasteiger partial charge in [-0.3, -0.25) is 13.7 Å². The van der Waals surface area contributed by atoms with Gasteiger partial charge in [0.1, 0.15) is 17.3 Å². The van der Waals surface area contributed by atoms with Crippen LogP contribution < -0.4 is 9.30 Å². The molecule has 3 heterocycles. The second-order valence-corrected chi connectivity index (χ2v) is 19.7. The minimum atomic E-state index is -3.78. The van der Waals surface area contributed by atoms with Gasteiger partial charge in [0.25, 0.3) is 6.33 Å². The van der Waals surface area contributed by atoms with Gasteiger partial charge in [-0.2, -0.15) is 0 Å². The highest BCUT2D eigenvalue weighted by Gasteiger charge is 2.42. The molecule has 3 aromatic heterocycles. The summed E-state index contributed by atoms with van der Waals surface area (Å²) in [5, 5.41) is 2.01. The largest absolute Gasteiger partial charge is 0.458 e. The highest BCUT2D eigenvalue weighted by Crippen LogP contribution is 2.51. The van der Waals surface area contributed by atoms with E-state index in [-0.39, 0.29) is 27.8 Å². The number of aromatic nitrogens is 4. The van der Waals surface area contributed by atoms with Crippen molar-refractivity contribution in [1.82, 2.24) is 14.1 Å². The Bertz CT molecular complexity index is 4480. The van der Waals surface area contributed by atoms with Gasteiger partial charge in [0.15, 0.2) is 0 Å². The summed E-state index contributed by atoms with van der Waals surface area (Å²) in [6, 6.07) is 28.6. The summed E-state index contributed by atoms with van der Waals surface area (Å²) in [4.78, 5) is 4.82. The average molecular weight is 909 g/mol. The number of nitrogens with zero attached hydrogens (tertiary/aromatic N) is 4. The topological polar surface area (TPSA) is 35.9 Å². The molecule has 7 aromatic carbocycles. The third-order valence-electron chi connectivity index (χ3n) is 12.8. The molecule has 0 saturated carbocycles. The fourth-order valence-electron chi connectivity index (χ4n) is 9.44. The molecule has 0 saturated heterocycles. The van der Waals surface area contributed by atoms with Gasteiger partial charge in [0, 0.05) is 39.5 Å². The molecule has 10 aromatic rings. The van der Waals surface area contributed by atoms with E-state index in [9.17, 15) is 4.11 Å². The zero-order chi connectivity index (χ0) is 64.3. The molecule has 0 atom stereocenters. The van der Waals surface area contributed by atoms with E-state index in [1.54, 1.807) is 78.4 Å². The molecular weight excluding hydrogens is 829 g/mol. The molecule has 0 bridgehead atoms. The molecule has 0 N–H and O–H groups in total. The summed E-state index contributed by atoms with van der Waals surface area (Å²) in [6.45, 7) is -3.20. The Hall–Kier alpha value is -7.24. The van der Waals surface area contributed by atoms with Crippen LogP contribution >= 0.6 is 0 Å². The Labute approximate surface area is 429 Å². The van der Waals surface area contributed by atoms with Gasteiger partial charge in [0.05, 0.1) is 44.4 Å². The summed E-state index contributed by atoms with van der Waals surface area (Å²) in [5.41, 5.74) is -6.69. The minimum Gasteiger partial charge on any atom is -0.458 e. The molecule has 0 spiro atoms. The third-order valence-corrected chi connectivity index (χ3v) is 12.8. The predicted octanol–water partition coefficient (Wildman–Crippen LogP) is 15.9. The van der Waals surface area contributed by atoms with Crippen LogP contribution in [0.15, 0.2) is 170 Å².